The molecule has 0 spiro atoms. The van der Waals surface area contributed by atoms with Gasteiger partial charge in [0.2, 0.25) is 0 Å². The molecule has 0 bridgehead atoms. The maximum Gasteiger partial charge on any atom is 0.0376 e. The summed E-state index contributed by atoms with van der Waals surface area (Å²) in [4.78, 5) is 4.72. The van der Waals surface area contributed by atoms with Crippen molar-refractivity contribution >= 4 is 5.69 Å². The lowest BCUT2D eigenvalue weighted by Crippen LogP contribution is -2.25. The topological polar surface area (TPSA) is 18.5 Å². The largest absolute Gasteiger partial charge is 0.384 e. The first-order valence-electron chi connectivity index (χ1n) is 7.33. The van der Waals surface area contributed by atoms with E-state index >= 15 is 0 Å². The number of fused-ring (bicyclic) bond motifs is 1. The Bertz CT molecular complexity index is 389. The van der Waals surface area contributed by atoms with Gasteiger partial charge in [0, 0.05) is 18.2 Å². The summed E-state index contributed by atoms with van der Waals surface area (Å²) in [5, 5.41) is 3.51. The van der Waals surface area contributed by atoms with Crippen LogP contribution >= 0.6 is 0 Å². The van der Waals surface area contributed by atoms with E-state index in [0.717, 1.165) is 6.54 Å². The van der Waals surface area contributed by atoms with Gasteiger partial charge >= 0.3 is 0 Å². The van der Waals surface area contributed by atoms with E-state index in [4.69, 9.17) is 0 Å². The van der Waals surface area contributed by atoms with Crippen molar-refractivity contribution in [1.29, 1.82) is 0 Å². The summed E-state index contributed by atoms with van der Waals surface area (Å²) in [5.74, 6) is 0.687. The third-order valence-corrected chi connectivity index (χ3v) is 3.94. The smallest absolute Gasteiger partial charge is 0.0376 e. The lowest BCUT2D eigenvalue weighted by atomic mass is 9.98. The number of nitrogens with one attached hydrogen (secondary N) is 1. The standard InChI is InChI=1S/C16H27N3/c1-18(2)10-6-11-19(3)12-9-14-13-17-16-8-5-4-7-15(14)16/h4-5,7-8,14,17H,6,9-13H2,1-3H3. The van der Waals surface area contributed by atoms with E-state index in [1.807, 2.05) is 0 Å². The van der Waals surface area contributed by atoms with Gasteiger partial charge in [0.1, 0.15) is 0 Å². The lowest BCUT2D eigenvalue weighted by Gasteiger charge is -2.20. The number of hydrogen-bond donors (Lipinski definition) is 1. The van der Waals surface area contributed by atoms with E-state index in [9.17, 15) is 0 Å². The second kappa shape index (κ2) is 6.92. The second-order valence-corrected chi connectivity index (χ2v) is 5.91. The number of benzene rings is 1. The highest BCUT2D eigenvalue weighted by Crippen LogP contribution is 2.33. The summed E-state index contributed by atoms with van der Waals surface area (Å²) in [7, 11) is 6.52. The molecular weight excluding hydrogens is 234 g/mol. The third-order valence-electron chi connectivity index (χ3n) is 3.94. The van der Waals surface area contributed by atoms with Gasteiger partial charge in [0.05, 0.1) is 0 Å². The zero-order chi connectivity index (χ0) is 13.7. The molecule has 1 aromatic rings. The molecule has 0 radical (unpaired) electrons. The average molecular weight is 261 g/mol. The molecule has 0 aromatic heterocycles. The number of para-hydroxylation sites is 1. The fraction of sp³-hybridized carbons (Fsp3) is 0.625. The Morgan fingerprint density at radius 3 is 2.68 bits per heavy atom. The highest BCUT2D eigenvalue weighted by molar-refractivity contribution is 5.57. The van der Waals surface area contributed by atoms with Crippen molar-refractivity contribution in [2.24, 2.45) is 0 Å². The molecule has 3 heteroatoms. The van der Waals surface area contributed by atoms with E-state index < -0.39 is 0 Å². The van der Waals surface area contributed by atoms with Gasteiger partial charge in [0.15, 0.2) is 0 Å². The van der Waals surface area contributed by atoms with Crippen molar-refractivity contribution in [3.63, 3.8) is 0 Å². The van der Waals surface area contributed by atoms with Crippen LogP contribution in [0.2, 0.25) is 0 Å². The molecule has 106 valence electrons. The molecule has 0 saturated carbocycles. The second-order valence-electron chi connectivity index (χ2n) is 5.91. The zero-order valence-electron chi connectivity index (χ0n) is 12.5. The molecule has 1 aliphatic heterocycles. The van der Waals surface area contributed by atoms with Gasteiger partial charge in [-0.2, -0.15) is 0 Å². The molecule has 0 fully saturated rings. The van der Waals surface area contributed by atoms with Crippen LogP contribution < -0.4 is 5.32 Å². The SMILES string of the molecule is CN(C)CCCN(C)CCC1CNc2ccccc21. The Morgan fingerprint density at radius 1 is 1.11 bits per heavy atom. The number of rotatable bonds is 7. The van der Waals surface area contributed by atoms with Gasteiger partial charge in [-0.15, -0.1) is 0 Å². The van der Waals surface area contributed by atoms with Crippen LogP contribution in [0.5, 0.6) is 0 Å². The van der Waals surface area contributed by atoms with E-state index in [-0.39, 0.29) is 0 Å². The maximum absolute atomic E-state index is 3.51. The van der Waals surface area contributed by atoms with Gasteiger partial charge in [-0.3, -0.25) is 0 Å². The predicted octanol–water partition coefficient (Wildman–Crippen LogP) is 2.47. The van der Waals surface area contributed by atoms with Crippen molar-refractivity contribution in [2.45, 2.75) is 18.8 Å². The molecule has 0 saturated heterocycles. The van der Waals surface area contributed by atoms with Crippen molar-refractivity contribution in [3.8, 4) is 0 Å². The van der Waals surface area contributed by atoms with Crippen LogP contribution in [-0.4, -0.2) is 57.1 Å². The maximum atomic E-state index is 3.51. The van der Waals surface area contributed by atoms with Crippen molar-refractivity contribution in [1.82, 2.24) is 9.80 Å². The number of anilines is 1. The average Bonchev–Trinajstić information content (AvgIpc) is 2.79. The van der Waals surface area contributed by atoms with Gasteiger partial charge < -0.3 is 15.1 Å². The Kier molecular flexibility index (Phi) is 5.23. The number of nitrogens with zero attached hydrogens (tertiary/aromatic N) is 2. The van der Waals surface area contributed by atoms with Gasteiger partial charge in [-0.25, -0.2) is 0 Å². The van der Waals surface area contributed by atoms with Crippen LogP contribution in [0.25, 0.3) is 0 Å². The van der Waals surface area contributed by atoms with E-state index in [2.05, 4.69) is 60.5 Å². The summed E-state index contributed by atoms with van der Waals surface area (Å²) >= 11 is 0. The Morgan fingerprint density at radius 2 is 1.89 bits per heavy atom. The number of hydrogen-bond acceptors (Lipinski definition) is 3. The van der Waals surface area contributed by atoms with Gasteiger partial charge in [-0.1, -0.05) is 18.2 Å². The molecule has 1 N–H and O–H groups in total. The van der Waals surface area contributed by atoms with Crippen molar-refractivity contribution in [2.75, 3.05) is 52.6 Å². The Balaban J connectivity index is 1.72. The fourth-order valence-corrected chi connectivity index (χ4v) is 2.76. The van der Waals surface area contributed by atoms with Crippen LogP contribution in [0.1, 0.15) is 24.3 Å². The molecule has 19 heavy (non-hydrogen) atoms. The molecule has 3 nitrogen and oxygen atoms in total. The molecule has 1 heterocycles. The summed E-state index contributed by atoms with van der Waals surface area (Å²) in [6.07, 6.45) is 2.51. The Hall–Kier alpha value is -1.06. The molecule has 1 aliphatic rings. The molecule has 0 aliphatic carbocycles. The normalized spacial score (nSPS) is 17.8. The summed E-state index contributed by atoms with van der Waals surface area (Å²) in [5.41, 5.74) is 2.84. The molecule has 0 amide bonds. The first-order chi connectivity index (χ1) is 9.16. The van der Waals surface area contributed by atoms with Gasteiger partial charge in [0.25, 0.3) is 0 Å². The van der Waals surface area contributed by atoms with Crippen LogP contribution in [-0.2, 0) is 0 Å². The van der Waals surface area contributed by atoms with Crippen LogP contribution in [0.15, 0.2) is 24.3 Å². The van der Waals surface area contributed by atoms with E-state index in [0.29, 0.717) is 5.92 Å². The van der Waals surface area contributed by atoms with E-state index in [1.165, 1.54) is 43.7 Å². The summed E-state index contributed by atoms with van der Waals surface area (Å²) in [6.45, 7) is 4.66. The highest BCUT2D eigenvalue weighted by atomic mass is 15.1. The molecular formula is C16H27N3. The minimum atomic E-state index is 0.687. The Labute approximate surface area is 117 Å². The zero-order valence-corrected chi connectivity index (χ0v) is 12.5. The lowest BCUT2D eigenvalue weighted by molar-refractivity contribution is 0.292. The van der Waals surface area contributed by atoms with Crippen LogP contribution in [0.3, 0.4) is 0 Å². The molecule has 2 rings (SSSR count). The summed E-state index contributed by atoms with van der Waals surface area (Å²) in [6, 6.07) is 8.73. The van der Waals surface area contributed by atoms with Gasteiger partial charge in [-0.05, 0) is 65.2 Å². The van der Waals surface area contributed by atoms with Crippen LogP contribution in [0, 0.1) is 0 Å². The molecule has 1 unspecified atom stereocenters. The quantitative estimate of drug-likeness (QED) is 0.813. The summed E-state index contributed by atoms with van der Waals surface area (Å²) < 4.78 is 0. The highest BCUT2D eigenvalue weighted by Gasteiger charge is 2.21. The molecule has 1 aromatic carbocycles. The fourth-order valence-electron chi connectivity index (χ4n) is 2.76. The van der Waals surface area contributed by atoms with Crippen LogP contribution in [0.4, 0.5) is 5.69 Å². The van der Waals surface area contributed by atoms with E-state index in [1.54, 1.807) is 0 Å². The molecule has 1 atom stereocenters. The van der Waals surface area contributed by atoms with Crippen molar-refractivity contribution in [3.05, 3.63) is 29.8 Å². The predicted molar refractivity (Wildman–Crippen MR) is 83.0 cm³/mol. The minimum absolute atomic E-state index is 0.687. The third kappa shape index (κ3) is 4.22. The first kappa shape index (κ1) is 14.4. The first-order valence-corrected chi connectivity index (χ1v) is 7.33. The monoisotopic (exact) mass is 261 g/mol. The van der Waals surface area contributed by atoms with Crippen molar-refractivity contribution < 1.29 is 0 Å². The minimum Gasteiger partial charge on any atom is -0.384 e.